The number of hydrogen-bond donors (Lipinski definition) is 1. The van der Waals surface area contributed by atoms with E-state index in [0.29, 0.717) is 29.5 Å². The lowest BCUT2D eigenvalue weighted by Gasteiger charge is -2.60. The summed E-state index contributed by atoms with van der Waals surface area (Å²) in [5.74, 6) is 6.13. The smallest absolute Gasteiger partial charge is 0.148 e. The van der Waals surface area contributed by atoms with Crippen LogP contribution in [0.4, 0.5) is 0 Å². The summed E-state index contributed by atoms with van der Waals surface area (Å²) in [5.41, 5.74) is 0.608. The first-order valence-electron chi connectivity index (χ1n) is 10.5. The molecule has 25 heavy (non-hydrogen) atoms. The molecule has 0 bridgehead atoms. The molecular weight excluding hydrogens is 308 g/mol. The predicted octanol–water partition coefficient (Wildman–Crippen LogP) is 4.60. The number of rotatable bonds is 2. The second kappa shape index (κ2) is 6.12. The van der Waals surface area contributed by atoms with Crippen LogP contribution in [0.25, 0.3) is 0 Å². The zero-order chi connectivity index (χ0) is 17.8. The summed E-state index contributed by atoms with van der Waals surface area (Å²) in [5, 5.41) is 10.1. The van der Waals surface area contributed by atoms with Crippen LogP contribution >= 0.6 is 0 Å². The van der Waals surface area contributed by atoms with Gasteiger partial charge in [0.25, 0.3) is 0 Å². The van der Waals surface area contributed by atoms with Crippen molar-refractivity contribution >= 4 is 5.78 Å². The summed E-state index contributed by atoms with van der Waals surface area (Å²) in [7, 11) is 0. The Morgan fingerprint density at radius 3 is 2.52 bits per heavy atom. The van der Waals surface area contributed by atoms with Crippen LogP contribution in [0.3, 0.4) is 0 Å². The van der Waals surface area contributed by atoms with Crippen LogP contribution < -0.4 is 0 Å². The molecule has 0 saturated heterocycles. The fourth-order valence-electron chi connectivity index (χ4n) is 7.99. The van der Waals surface area contributed by atoms with Crippen LogP contribution in [0.5, 0.6) is 0 Å². The molecule has 0 heterocycles. The van der Waals surface area contributed by atoms with Crippen molar-refractivity contribution in [3.63, 3.8) is 0 Å². The minimum atomic E-state index is -0.0688. The molecule has 4 fully saturated rings. The van der Waals surface area contributed by atoms with E-state index in [1.165, 1.54) is 38.5 Å². The summed E-state index contributed by atoms with van der Waals surface area (Å²) in [6.45, 7) is 4.93. The van der Waals surface area contributed by atoms with Crippen LogP contribution in [-0.4, -0.2) is 17.0 Å². The predicted molar refractivity (Wildman–Crippen MR) is 99.7 cm³/mol. The molecule has 0 spiro atoms. The zero-order valence-electron chi connectivity index (χ0n) is 16.0. The summed E-state index contributed by atoms with van der Waals surface area (Å²) in [6, 6.07) is 0. The molecule has 4 rings (SSSR count). The highest BCUT2D eigenvalue weighted by Gasteiger charge is 2.60. The van der Waals surface area contributed by atoms with E-state index in [-0.39, 0.29) is 17.4 Å². The third-order valence-corrected chi connectivity index (χ3v) is 9.30. The highest BCUT2D eigenvalue weighted by atomic mass is 16.3. The molecule has 1 N–H and O–H groups in total. The van der Waals surface area contributed by atoms with Gasteiger partial charge in [0.1, 0.15) is 5.78 Å². The molecule has 138 valence electrons. The van der Waals surface area contributed by atoms with Crippen molar-refractivity contribution < 1.29 is 9.90 Å². The minimum absolute atomic E-state index is 0.0688. The summed E-state index contributed by atoms with van der Waals surface area (Å²) < 4.78 is 0. The Kier molecular flexibility index (Phi) is 4.31. The third-order valence-electron chi connectivity index (χ3n) is 9.30. The Balaban J connectivity index is 1.58. The maximum Gasteiger partial charge on any atom is 0.148 e. The maximum atomic E-state index is 12.6. The Morgan fingerprint density at radius 2 is 1.76 bits per heavy atom. The van der Waals surface area contributed by atoms with E-state index in [1.807, 2.05) is 0 Å². The van der Waals surface area contributed by atoms with E-state index in [2.05, 4.69) is 19.8 Å². The molecule has 4 aliphatic rings. The van der Waals surface area contributed by atoms with Crippen molar-refractivity contribution in [2.45, 2.75) is 84.2 Å². The van der Waals surface area contributed by atoms with Crippen molar-refractivity contribution in [3.8, 4) is 12.3 Å². The molecule has 4 saturated carbocycles. The first-order chi connectivity index (χ1) is 11.9. The largest absolute Gasteiger partial charge is 0.393 e. The van der Waals surface area contributed by atoms with Gasteiger partial charge < -0.3 is 5.11 Å². The topological polar surface area (TPSA) is 37.3 Å². The standard InChI is InChI=1S/C23H34O2/c1-4-5-21(25)20-9-8-18-17-7-6-15-14-16(24)10-12-22(15,2)19(17)11-13-23(18,20)3/h1,15-20,24H,5-14H2,2-3H3/t15-,16+,17-,18-,19-,20+,22-,23-/m0/s1. The number of terminal acetylenes is 1. The number of fused-ring (bicyclic) bond motifs is 5. The maximum absolute atomic E-state index is 12.6. The van der Waals surface area contributed by atoms with E-state index in [1.54, 1.807) is 0 Å². The van der Waals surface area contributed by atoms with Crippen molar-refractivity contribution in [1.82, 2.24) is 0 Å². The zero-order valence-corrected chi connectivity index (χ0v) is 16.0. The number of aliphatic hydroxyl groups is 1. The van der Waals surface area contributed by atoms with E-state index >= 15 is 0 Å². The molecule has 0 aromatic heterocycles. The van der Waals surface area contributed by atoms with Gasteiger partial charge in [0.2, 0.25) is 0 Å². The Morgan fingerprint density at radius 1 is 1.04 bits per heavy atom. The fourth-order valence-corrected chi connectivity index (χ4v) is 7.99. The van der Waals surface area contributed by atoms with Gasteiger partial charge in [-0.15, -0.1) is 6.42 Å². The second-order valence-electron chi connectivity index (χ2n) is 10.1. The van der Waals surface area contributed by atoms with Crippen molar-refractivity contribution in [2.75, 3.05) is 0 Å². The molecule has 8 atom stereocenters. The average Bonchev–Trinajstić information content (AvgIpc) is 2.93. The van der Waals surface area contributed by atoms with Crippen molar-refractivity contribution in [2.24, 2.45) is 40.4 Å². The number of hydrogen-bond acceptors (Lipinski definition) is 2. The molecule has 0 aliphatic heterocycles. The number of carbonyl (C=O) groups excluding carboxylic acids is 1. The fraction of sp³-hybridized carbons (Fsp3) is 0.870. The summed E-state index contributed by atoms with van der Waals surface area (Å²) >= 11 is 0. The molecular formula is C23H34O2. The van der Waals surface area contributed by atoms with Crippen LogP contribution in [0.2, 0.25) is 0 Å². The van der Waals surface area contributed by atoms with Gasteiger partial charge in [-0.25, -0.2) is 0 Å². The molecule has 0 radical (unpaired) electrons. The normalized spacial score (nSPS) is 51.8. The van der Waals surface area contributed by atoms with Gasteiger partial charge in [-0.2, -0.15) is 0 Å². The van der Waals surface area contributed by atoms with Crippen molar-refractivity contribution in [3.05, 3.63) is 0 Å². The molecule has 2 heteroatoms. The number of carbonyl (C=O) groups is 1. The minimum Gasteiger partial charge on any atom is -0.393 e. The lowest BCUT2D eigenvalue weighted by molar-refractivity contribution is -0.139. The number of Topliss-reactive ketones (excluding diaryl/α,β-unsaturated/α-hetero) is 1. The highest BCUT2D eigenvalue weighted by Crippen LogP contribution is 2.67. The van der Waals surface area contributed by atoms with Crippen LogP contribution in [-0.2, 0) is 4.79 Å². The van der Waals surface area contributed by atoms with Gasteiger partial charge in [0, 0.05) is 5.92 Å². The summed E-state index contributed by atoms with van der Waals surface area (Å²) in [6.07, 6.45) is 16.2. The SMILES string of the molecule is C#CCC(=O)[C@H]1CC[C@H]2[C@@H]3CC[C@H]4C[C@H](O)CC[C@]4(C)[C@H]3CC[C@]12C. The molecule has 0 aromatic carbocycles. The first kappa shape index (κ1) is 17.6. The van der Waals surface area contributed by atoms with E-state index < -0.39 is 0 Å². The monoisotopic (exact) mass is 342 g/mol. The van der Waals surface area contributed by atoms with Gasteiger partial charge in [0.15, 0.2) is 0 Å². The number of aliphatic hydroxyl groups excluding tert-OH is 1. The first-order valence-corrected chi connectivity index (χ1v) is 10.5. The third kappa shape index (κ3) is 2.53. The molecule has 0 amide bonds. The van der Waals surface area contributed by atoms with E-state index in [0.717, 1.165) is 31.1 Å². The van der Waals surface area contributed by atoms with Crippen molar-refractivity contribution in [1.29, 1.82) is 0 Å². The van der Waals surface area contributed by atoms with E-state index in [9.17, 15) is 9.90 Å². The van der Waals surface area contributed by atoms with E-state index in [4.69, 9.17) is 6.42 Å². The molecule has 0 unspecified atom stereocenters. The highest BCUT2D eigenvalue weighted by molar-refractivity contribution is 5.84. The Hall–Kier alpha value is -0.810. The van der Waals surface area contributed by atoms with Crippen LogP contribution in [0.15, 0.2) is 0 Å². The van der Waals surface area contributed by atoms with Crippen LogP contribution in [0.1, 0.15) is 78.1 Å². The second-order valence-corrected chi connectivity index (χ2v) is 10.1. The van der Waals surface area contributed by atoms with Gasteiger partial charge in [0.05, 0.1) is 12.5 Å². The Bertz CT molecular complexity index is 589. The lowest BCUT2D eigenvalue weighted by atomic mass is 9.44. The Labute approximate surface area is 153 Å². The van der Waals surface area contributed by atoms with Gasteiger partial charge >= 0.3 is 0 Å². The quantitative estimate of drug-likeness (QED) is 0.745. The molecule has 4 aliphatic carbocycles. The lowest BCUT2D eigenvalue weighted by Crippen LogP contribution is -2.54. The molecule has 2 nitrogen and oxygen atoms in total. The van der Waals surface area contributed by atoms with Gasteiger partial charge in [-0.1, -0.05) is 19.8 Å². The van der Waals surface area contributed by atoms with Crippen LogP contribution in [0, 0.1) is 52.8 Å². The van der Waals surface area contributed by atoms with Gasteiger partial charge in [-0.05, 0) is 92.3 Å². The number of ketones is 1. The summed E-state index contributed by atoms with van der Waals surface area (Å²) in [4.78, 5) is 12.6. The average molecular weight is 343 g/mol. The van der Waals surface area contributed by atoms with Gasteiger partial charge in [-0.3, -0.25) is 4.79 Å². The molecule has 0 aromatic rings.